The Balaban J connectivity index is 1.72. The second-order valence-electron chi connectivity index (χ2n) is 6.13. The van der Waals surface area contributed by atoms with E-state index in [-0.39, 0.29) is 35.9 Å². The Bertz CT molecular complexity index is 894. The molecule has 0 radical (unpaired) electrons. The second kappa shape index (κ2) is 7.36. The molecule has 0 saturated carbocycles. The maximum atomic E-state index is 12.5. The van der Waals surface area contributed by atoms with Crippen molar-refractivity contribution in [3.05, 3.63) is 48.0 Å². The van der Waals surface area contributed by atoms with E-state index in [1.165, 1.54) is 23.1 Å². The normalized spacial score (nSPS) is 16.3. The topological polar surface area (TPSA) is 116 Å². The number of benzene rings is 2. The predicted octanol–water partition coefficient (Wildman–Crippen LogP) is 2.09. The van der Waals surface area contributed by atoms with Gasteiger partial charge in [-0.15, -0.1) is 0 Å². The second-order valence-corrected chi connectivity index (χ2v) is 6.13. The molecule has 0 aliphatic carbocycles. The standard InChI is InChI=1S/C19H18N2O6/c1-27-14-5-3-13(4-6-14)21-10-12(9-17(21)23)18(24)20-15-8-11(19(25)26)2-7-16(15)22/h2-8,12,22H,9-10H2,1H3,(H,20,24)(H,25,26). The minimum Gasteiger partial charge on any atom is -0.506 e. The van der Waals surface area contributed by atoms with Crippen LogP contribution < -0.4 is 15.0 Å². The van der Waals surface area contributed by atoms with Gasteiger partial charge in [0.25, 0.3) is 0 Å². The Labute approximate surface area is 155 Å². The average Bonchev–Trinajstić information content (AvgIpc) is 3.05. The maximum absolute atomic E-state index is 12.5. The zero-order valence-electron chi connectivity index (χ0n) is 14.5. The van der Waals surface area contributed by atoms with Crippen molar-refractivity contribution in [3.8, 4) is 11.5 Å². The molecule has 3 rings (SSSR count). The number of ether oxygens (including phenoxy) is 1. The van der Waals surface area contributed by atoms with Gasteiger partial charge in [-0.2, -0.15) is 0 Å². The number of aromatic carboxylic acids is 1. The van der Waals surface area contributed by atoms with E-state index in [1.807, 2.05) is 0 Å². The van der Waals surface area contributed by atoms with Gasteiger partial charge in [0.1, 0.15) is 11.5 Å². The predicted molar refractivity (Wildman–Crippen MR) is 97.1 cm³/mol. The Morgan fingerprint density at radius 1 is 1.19 bits per heavy atom. The first-order valence-electron chi connectivity index (χ1n) is 8.20. The van der Waals surface area contributed by atoms with Gasteiger partial charge in [0, 0.05) is 18.7 Å². The number of methoxy groups -OCH3 is 1. The molecule has 0 spiro atoms. The molecule has 0 bridgehead atoms. The number of nitrogens with one attached hydrogen (secondary N) is 1. The quantitative estimate of drug-likeness (QED) is 0.694. The van der Waals surface area contributed by atoms with Gasteiger partial charge in [-0.1, -0.05) is 0 Å². The van der Waals surface area contributed by atoms with Gasteiger partial charge in [-0.3, -0.25) is 9.59 Å². The van der Waals surface area contributed by atoms with Crippen molar-refractivity contribution in [1.82, 2.24) is 0 Å². The molecule has 27 heavy (non-hydrogen) atoms. The molecular formula is C19H18N2O6. The third-order valence-corrected chi connectivity index (χ3v) is 4.38. The van der Waals surface area contributed by atoms with Crippen molar-refractivity contribution in [1.29, 1.82) is 0 Å². The molecule has 2 amide bonds. The van der Waals surface area contributed by atoms with Crippen molar-refractivity contribution >= 4 is 29.2 Å². The number of anilines is 2. The summed E-state index contributed by atoms with van der Waals surface area (Å²) in [6.07, 6.45) is 0.0250. The monoisotopic (exact) mass is 370 g/mol. The molecular weight excluding hydrogens is 352 g/mol. The van der Waals surface area contributed by atoms with Gasteiger partial charge in [-0.05, 0) is 42.5 Å². The van der Waals surface area contributed by atoms with Crippen LogP contribution in [0, 0.1) is 5.92 Å². The number of carbonyl (C=O) groups is 3. The molecule has 1 atom stereocenters. The van der Waals surface area contributed by atoms with E-state index in [9.17, 15) is 19.5 Å². The lowest BCUT2D eigenvalue weighted by atomic mass is 10.1. The number of rotatable bonds is 5. The lowest BCUT2D eigenvalue weighted by Gasteiger charge is -2.17. The fraction of sp³-hybridized carbons (Fsp3) is 0.211. The summed E-state index contributed by atoms with van der Waals surface area (Å²) < 4.78 is 5.09. The Morgan fingerprint density at radius 2 is 1.89 bits per heavy atom. The summed E-state index contributed by atoms with van der Waals surface area (Å²) in [5.41, 5.74) is 0.590. The lowest BCUT2D eigenvalue weighted by molar-refractivity contribution is -0.122. The molecule has 0 aromatic heterocycles. The summed E-state index contributed by atoms with van der Waals surface area (Å²) in [4.78, 5) is 37.3. The summed E-state index contributed by atoms with van der Waals surface area (Å²) in [5.74, 6) is -2.03. The smallest absolute Gasteiger partial charge is 0.335 e. The molecule has 1 heterocycles. The van der Waals surface area contributed by atoms with Gasteiger partial charge >= 0.3 is 5.97 Å². The molecule has 1 aliphatic heterocycles. The number of carboxylic acid groups (broad SMARTS) is 1. The zero-order valence-corrected chi connectivity index (χ0v) is 14.5. The van der Waals surface area contributed by atoms with Gasteiger partial charge in [-0.25, -0.2) is 4.79 Å². The highest BCUT2D eigenvalue weighted by Gasteiger charge is 2.35. The number of phenolic OH excluding ortho intramolecular Hbond substituents is 1. The molecule has 1 unspecified atom stereocenters. The van der Waals surface area contributed by atoms with E-state index in [2.05, 4.69) is 5.32 Å². The van der Waals surface area contributed by atoms with E-state index in [4.69, 9.17) is 9.84 Å². The molecule has 3 N–H and O–H groups in total. The molecule has 2 aromatic carbocycles. The number of carboxylic acids is 1. The molecule has 1 saturated heterocycles. The molecule has 1 aliphatic rings. The third-order valence-electron chi connectivity index (χ3n) is 4.38. The number of phenols is 1. The van der Waals surface area contributed by atoms with Gasteiger partial charge in [0.05, 0.1) is 24.3 Å². The van der Waals surface area contributed by atoms with E-state index in [0.29, 0.717) is 11.4 Å². The van der Waals surface area contributed by atoms with Crippen LogP contribution in [0.1, 0.15) is 16.8 Å². The first kappa shape index (κ1) is 18.2. The number of hydrogen-bond donors (Lipinski definition) is 3. The van der Waals surface area contributed by atoms with Crippen LogP contribution in [0.2, 0.25) is 0 Å². The van der Waals surface area contributed by atoms with Gasteiger partial charge in [0.2, 0.25) is 11.8 Å². The van der Waals surface area contributed by atoms with Crippen LogP contribution in [-0.2, 0) is 9.59 Å². The number of carbonyl (C=O) groups excluding carboxylic acids is 2. The summed E-state index contributed by atoms with van der Waals surface area (Å²) >= 11 is 0. The fourth-order valence-corrected chi connectivity index (χ4v) is 2.90. The number of aromatic hydroxyl groups is 1. The number of amides is 2. The summed E-state index contributed by atoms with van der Waals surface area (Å²) in [6.45, 7) is 0.191. The van der Waals surface area contributed by atoms with Crippen LogP contribution in [0.15, 0.2) is 42.5 Å². The number of hydrogen-bond acceptors (Lipinski definition) is 5. The minimum atomic E-state index is -1.17. The zero-order chi connectivity index (χ0) is 19.6. The van der Waals surface area contributed by atoms with Crippen LogP contribution >= 0.6 is 0 Å². The van der Waals surface area contributed by atoms with E-state index < -0.39 is 17.8 Å². The van der Waals surface area contributed by atoms with E-state index in [0.717, 1.165) is 0 Å². The highest BCUT2D eigenvalue weighted by atomic mass is 16.5. The minimum absolute atomic E-state index is 0.00440. The summed E-state index contributed by atoms with van der Waals surface area (Å²) in [7, 11) is 1.55. The molecule has 1 fully saturated rings. The molecule has 8 nitrogen and oxygen atoms in total. The summed E-state index contributed by atoms with van der Waals surface area (Å²) in [5, 5.41) is 21.4. The van der Waals surface area contributed by atoms with Crippen LogP contribution in [0.25, 0.3) is 0 Å². The highest BCUT2D eigenvalue weighted by Crippen LogP contribution is 2.29. The SMILES string of the molecule is COc1ccc(N2CC(C(=O)Nc3cc(C(=O)O)ccc3O)CC2=O)cc1. The summed E-state index contributed by atoms with van der Waals surface area (Å²) in [6, 6.07) is 10.5. The van der Waals surface area contributed by atoms with Crippen LogP contribution in [0.5, 0.6) is 11.5 Å². The van der Waals surface area contributed by atoms with Crippen molar-refractivity contribution in [2.45, 2.75) is 6.42 Å². The third kappa shape index (κ3) is 3.84. The maximum Gasteiger partial charge on any atom is 0.335 e. The van der Waals surface area contributed by atoms with Gasteiger partial charge in [0.15, 0.2) is 0 Å². The van der Waals surface area contributed by atoms with Crippen molar-refractivity contribution in [2.75, 3.05) is 23.9 Å². The van der Waals surface area contributed by atoms with Crippen molar-refractivity contribution in [2.24, 2.45) is 5.92 Å². The van der Waals surface area contributed by atoms with E-state index in [1.54, 1.807) is 31.4 Å². The first-order chi connectivity index (χ1) is 12.9. The Hall–Kier alpha value is -3.55. The van der Waals surface area contributed by atoms with Crippen LogP contribution in [0.4, 0.5) is 11.4 Å². The van der Waals surface area contributed by atoms with Gasteiger partial charge < -0.3 is 25.2 Å². The lowest BCUT2D eigenvalue weighted by Crippen LogP contribution is -2.28. The molecule has 8 heteroatoms. The van der Waals surface area contributed by atoms with Crippen molar-refractivity contribution < 1.29 is 29.3 Å². The Morgan fingerprint density at radius 3 is 2.52 bits per heavy atom. The largest absolute Gasteiger partial charge is 0.506 e. The van der Waals surface area contributed by atoms with Crippen molar-refractivity contribution in [3.63, 3.8) is 0 Å². The average molecular weight is 370 g/mol. The van der Waals surface area contributed by atoms with Crippen LogP contribution in [0.3, 0.4) is 0 Å². The van der Waals surface area contributed by atoms with E-state index >= 15 is 0 Å². The molecule has 140 valence electrons. The van der Waals surface area contributed by atoms with Crippen LogP contribution in [-0.4, -0.2) is 41.7 Å². The first-order valence-corrected chi connectivity index (χ1v) is 8.20. The highest BCUT2D eigenvalue weighted by molar-refractivity contribution is 6.04. The number of nitrogens with zero attached hydrogens (tertiary/aromatic N) is 1. The Kier molecular flexibility index (Phi) is 4.98. The molecule has 2 aromatic rings. The fourth-order valence-electron chi connectivity index (χ4n) is 2.90.